The number of carbonyl (C=O) groups excluding carboxylic acids is 1. The van der Waals surface area contributed by atoms with Crippen LogP contribution in [0.15, 0.2) is 42.6 Å². The first kappa shape index (κ1) is 17.2. The minimum absolute atomic E-state index is 0.113. The summed E-state index contributed by atoms with van der Waals surface area (Å²) in [5.41, 5.74) is 1.61. The molecule has 1 aliphatic rings. The average molecular weight is 341 g/mol. The Hall–Kier alpha value is -2.60. The fraction of sp³-hybridized carbons (Fsp3) is 0.368. The van der Waals surface area contributed by atoms with Crippen LogP contribution in [0.1, 0.15) is 28.8 Å². The van der Waals surface area contributed by atoms with E-state index in [0.29, 0.717) is 24.5 Å². The number of nitrogens with one attached hydrogen (secondary N) is 2. The maximum absolute atomic E-state index is 12.3. The highest BCUT2D eigenvalue weighted by Gasteiger charge is 2.16. The smallest absolute Gasteiger partial charge is 0.251 e. The predicted octanol–water partition coefficient (Wildman–Crippen LogP) is 2.61. The second-order valence-corrected chi connectivity index (χ2v) is 5.94. The summed E-state index contributed by atoms with van der Waals surface area (Å²) in [6, 6.07) is 11.3. The Bertz CT molecular complexity index is 715. The number of para-hydroxylation sites is 1. The van der Waals surface area contributed by atoms with Crippen LogP contribution in [0.25, 0.3) is 0 Å². The molecule has 0 radical (unpaired) electrons. The van der Waals surface area contributed by atoms with Crippen LogP contribution in [-0.2, 0) is 11.3 Å². The molecule has 0 aliphatic carbocycles. The third-order valence-corrected chi connectivity index (χ3v) is 4.19. The Labute approximate surface area is 147 Å². The van der Waals surface area contributed by atoms with Crippen molar-refractivity contribution in [3.63, 3.8) is 0 Å². The zero-order valence-electron chi connectivity index (χ0n) is 14.3. The number of pyridine rings is 1. The van der Waals surface area contributed by atoms with Crippen LogP contribution < -0.4 is 15.4 Å². The highest BCUT2D eigenvalue weighted by Crippen LogP contribution is 2.18. The first-order valence-electron chi connectivity index (χ1n) is 8.48. The van der Waals surface area contributed by atoms with Gasteiger partial charge in [0.05, 0.1) is 13.2 Å². The van der Waals surface area contributed by atoms with Crippen LogP contribution in [0.5, 0.6) is 5.75 Å². The SMILES string of the molecule is COc1ccccc1CNc1cc(C(=O)NCC2CCCO2)ccn1. The molecule has 1 aromatic heterocycles. The Kier molecular flexibility index (Phi) is 5.85. The molecule has 0 spiro atoms. The lowest BCUT2D eigenvalue weighted by Gasteiger charge is -2.12. The molecule has 3 rings (SSSR count). The highest BCUT2D eigenvalue weighted by atomic mass is 16.5. The van der Waals surface area contributed by atoms with E-state index < -0.39 is 0 Å². The maximum atomic E-state index is 12.3. The molecule has 1 amide bonds. The Balaban J connectivity index is 1.58. The molecule has 1 atom stereocenters. The number of methoxy groups -OCH3 is 1. The number of benzene rings is 1. The van der Waals surface area contributed by atoms with Gasteiger partial charge in [-0.25, -0.2) is 4.98 Å². The van der Waals surface area contributed by atoms with Crippen molar-refractivity contribution in [3.8, 4) is 5.75 Å². The predicted molar refractivity (Wildman–Crippen MR) is 95.9 cm³/mol. The summed E-state index contributed by atoms with van der Waals surface area (Å²) >= 11 is 0. The topological polar surface area (TPSA) is 72.5 Å². The molecule has 0 bridgehead atoms. The number of amides is 1. The summed E-state index contributed by atoms with van der Waals surface area (Å²) in [5, 5.41) is 6.15. The zero-order chi connectivity index (χ0) is 17.5. The molecule has 6 heteroatoms. The van der Waals surface area contributed by atoms with Gasteiger partial charge in [0.1, 0.15) is 11.6 Å². The monoisotopic (exact) mass is 341 g/mol. The molecule has 0 saturated carbocycles. The van der Waals surface area contributed by atoms with Gasteiger partial charge < -0.3 is 20.1 Å². The number of anilines is 1. The number of rotatable bonds is 7. The van der Waals surface area contributed by atoms with Gasteiger partial charge in [-0.3, -0.25) is 4.79 Å². The van der Waals surface area contributed by atoms with Crippen molar-refractivity contribution in [1.29, 1.82) is 0 Å². The largest absolute Gasteiger partial charge is 0.496 e. The van der Waals surface area contributed by atoms with Crippen LogP contribution >= 0.6 is 0 Å². The first-order valence-corrected chi connectivity index (χ1v) is 8.48. The number of hydrogen-bond acceptors (Lipinski definition) is 5. The van der Waals surface area contributed by atoms with E-state index in [0.717, 1.165) is 30.8 Å². The van der Waals surface area contributed by atoms with Crippen molar-refractivity contribution in [2.24, 2.45) is 0 Å². The van der Waals surface area contributed by atoms with Crippen molar-refractivity contribution in [2.45, 2.75) is 25.5 Å². The average Bonchev–Trinajstić information content (AvgIpc) is 3.18. The Morgan fingerprint density at radius 2 is 2.24 bits per heavy atom. The van der Waals surface area contributed by atoms with Crippen molar-refractivity contribution >= 4 is 11.7 Å². The summed E-state index contributed by atoms with van der Waals surface area (Å²) in [6.07, 6.45) is 3.83. The van der Waals surface area contributed by atoms with E-state index in [4.69, 9.17) is 9.47 Å². The summed E-state index contributed by atoms with van der Waals surface area (Å²) in [4.78, 5) is 16.6. The zero-order valence-corrected chi connectivity index (χ0v) is 14.3. The van der Waals surface area contributed by atoms with Gasteiger partial charge in [0, 0.05) is 37.0 Å². The van der Waals surface area contributed by atoms with E-state index in [1.807, 2.05) is 24.3 Å². The van der Waals surface area contributed by atoms with Crippen LogP contribution in [0.2, 0.25) is 0 Å². The quantitative estimate of drug-likeness (QED) is 0.810. The van der Waals surface area contributed by atoms with Crippen LogP contribution in [0.4, 0.5) is 5.82 Å². The lowest BCUT2D eigenvalue weighted by atomic mass is 10.2. The van der Waals surface area contributed by atoms with Crippen LogP contribution in [0.3, 0.4) is 0 Å². The van der Waals surface area contributed by atoms with Gasteiger partial charge in [0.15, 0.2) is 0 Å². The summed E-state index contributed by atoms with van der Waals surface area (Å²) < 4.78 is 10.9. The van der Waals surface area contributed by atoms with Gasteiger partial charge in [-0.05, 0) is 31.0 Å². The second kappa shape index (κ2) is 8.48. The third kappa shape index (κ3) is 4.70. The molecule has 6 nitrogen and oxygen atoms in total. The molecule has 1 unspecified atom stereocenters. The summed E-state index contributed by atoms with van der Waals surface area (Å²) in [7, 11) is 1.65. The molecule has 2 aromatic rings. The van der Waals surface area contributed by atoms with E-state index in [-0.39, 0.29) is 12.0 Å². The maximum Gasteiger partial charge on any atom is 0.251 e. The van der Waals surface area contributed by atoms with Crippen LogP contribution in [0, 0.1) is 0 Å². The van der Waals surface area contributed by atoms with E-state index in [1.165, 1.54) is 0 Å². The molecule has 1 fully saturated rings. The minimum atomic E-state index is -0.113. The van der Waals surface area contributed by atoms with E-state index in [2.05, 4.69) is 15.6 Å². The lowest BCUT2D eigenvalue weighted by molar-refractivity contribution is 0.0857. The Morgan fingerprint density at radius 3 is 3.04 bits per heavy atom. The van der Waals surface area contributed by atoms with Crippen molar-refractivity contribution < 1.29 is 14.3 Å². The fourth-order valence-corrected chi connectivity index (χ4v) is 2.82. The van der Waals surface area contributed by atoms with Crippen molar-refractivity contribution in [3.05, 3.63) is 53.7 Å². The van der Waals surface area contributed by atoms with Crippen LogP contribution in [-0.4, -0.2) is 37.3 Å². The van der Waals surface area contributed by atoms with Gasteiger partial charge in [-0.1, -0.05) is 18.2 Å². The number of ether oxygens (including phenoxy) is 2. The molecule has 1 aliphatic heterocycles. The normalized spacial score (nSPS) is 16.4. The number of aromatic nitrogens is 1. The summed E-state index contributed by atoms with van der Waals surface area (Å²) in [5.74, 6) is 1.36. The number of carbonyl (C=O) groups is 1. The minimum Gasteiger partial charge on any atom is -0.496 e. The molecular formula is C19H23N3O3. The number of hydrogen-bond donors (Lipinski definition) is 2. The van der Waals surface area contributed by atoms with Crippen molar-refractivity contribution in [1.82, 2.24) is 10.3 Å². The van der Waals surface area contributed by atoms with Gasteiger partial charge in [0.25, 0.3) is 5.91 Å². The van der Waals surface area contributed by atoms with Crippen molar-refractivity contribution in [2.75, 3.05) is 25.6 Å². The molecule has 2 heterocycles. The molecule has 2 N–H and O–H groups in total. The number of nitrogens with zero attached hydrogens (tertiary/aromatic N) is 1. The van der Waals surface area contributed by atoms with Gasteiger partial charge in [-0.15, -0.1) is 0 Å². The van der Waals surface area contributed by atoms with E-state index in [1.54, 1.807) is 25.4 Å². The lowest BCUT2D eigenvalue weighted by Crippen LogP contribution is -2.31. The standard InChI is InChI=1S/C19H23N3O3/c1-24-17-7-3-2-5-15(17)12-21-18-11-14(8-9-20-18)19(23)22-13-16-6-4-10-25-16/h2-3,5,7-9,11,16H,4,6,10,12-13H2,1H3,(H,20,21)(H,22,23). The van der Waals surface area contributed by atoms with E-state index >= 15 is 0 Å². The summed E-state index contributed by atoms with van der Waals surface area (Å²) in [6.45, 7) is 1.90. The second-order valence-electron chi connectivity index (χ2n) is 5.94. The van der Waals surface area contributed by atoms with Gasteiger partial charge >= 0.3 is 0 Å². The van der Waals surface area contributed by atoms with Gasteiger partial charge in [0.2, 0.25) is 0 Å². The molecule has 1 saturated heterocycles. The Morgan fingerprint density at radius 1 is 1.36 bits per heavy atom. The molecule has 25 heavy (non-hydrogen) atoms. The molecular weight excluding hydrogens is 318 g/mol. The molecule has 1 aromatic carbocycles. The fourth-order valence-electron chi connectivity index (χ4n) is 2.82. The molecule has 132 valence electrons. The van der Waals surface area contributed by atoms with E-state index in [9.17, 15) is 4.79 Å². The third-order valence-electron chi connectivity index (χ3n) is 4.19. The van der Waals surface area contributed by atoms with Gasteiger partial charge in [-0.2, -0.15) is 0 Å². The highest BCUT2D eigenvalue weighted by molar-refractivity contribution is 5.94. The first-order chi connectivity index (χ1) is 12.3.